The van der Waals surface area contributed by atoms with E-state index in [1.807, 2.05) is 11.0 Å². The second kappa shape index (κ2) is 6.08. The Balaban J connectivity index is 2.09. The van der Waals surface area contributed by atoms with Crippen molar-refractivity contribution in [1.29, 1.82) is 0 Å². The van der Waals surface area contributed by atoms with Gasteiger partial charge in [-0.1, -0.05) is 12.1 Å². The zero-order valence-electron chi connectivity index (χ0n) is 10.3. The van der Waals surface area contributed by atoms with Crippen LogP contribution >= 0.6 is 0 Å². The van der Waals surface area contributed by atoms with Gasteiger partial charge >= 0.3 is 0 Å². The van der Waals surface area contributed by atoms with Gasteiger partial charge in [0.15, 0.2) is 0 Å². The SMILES string of the molecule is COc1ccccc1C(=O)C#CN1CCOCC1. The Labute approximate surface area is 106 Å². The van der Waals surface area contributed by atoms with E-state index in [9.17, 15) is 4.79 Å². The molecule has 4 nitrogen and oxygen atoms in total. The first-order chi connectivity index (χ1) is 8.81. The normalized spacial score (nSPS) is 14.6. The zero-order chi connectivity index (χ0) is 12.8. The number of methoxy groups -OCH3 is 1. The first-order valence-electron chi connectivity index (χ1n) is 5.83. The largest absolute Gasteiger partial charge is 0.496 e. The number of para-hydroxylation sites is 1. The lowest BCUT2D eigenvalue weighted by molar-refractivity contribution is 0.0637. The van der Waals surface area contributed by atoms with Crippen LogP contribution in [0.4, 0.5) is 0 Å². The highest BCUT2D eigenvalue weighted by Crippen LogP contribution is 2.17. The summed E-state index contributed by atoms with van der Waals surface area (Å²) in [6.45, 7) is 2.81. The van der Waals surface area contributed by atoms with Crippen molar-refractivity contribution in [2.24, 2.45) is 0 Å². The Bertz CT molecular complexity index is 481. The van der Waals surface area contributed by atoms with Crippen LogP contribution in [0.5, 0.6) is 5.75 Å². The van der Waals surface area contributed by atoms with Crippen molar-refractivity contribution in [2.45, 2.75) is 0 Å². The Kier molecular flexibility index (Phi) is 4.21. The third kappa shape index (κ3) is 3.02. The highest BCUT2D eigenvalue weighted by atomic mass is 16.5. The van der Waals surface area contributed by atoms with Gasteiger partial charge in [-0.05, 0) is 12.1 Å². The quantitative estimate of drug-likeness (QED) is 0.579. The Morgan fingerprint density at radius 1 is 1.33 bits per heavy atom. The third-order valence-corrected chi connectivity index (χ3v) is 2.69. The fourth-order valence-corrected chi connectivity index (χ4v) is 1.70. The highest BCUT2D eigenvalue weighted by Gasteiger charge is 2.10. The molecule has 1 aromatic rings. The molecule has 0 amide bonds. The van der Waals surface area contributed by atoms with E-state index >= 15 is 0 Å². The van der Waals surface area contributed by atoms with Crippen LogP contribution in [0.15, 0.2) is 24.3 Å². The minimum absolute atomic E-state index is 0.223. The van der Waals surface area contributed by atoms with E-state index in [-0.39, 0.29) is 5.78 Å². The molecule has 1 aliphatic heterocycles. The standard InChI is InChI=1S/C14H15NO3/c1-17-14-5-3-2-4-12(14)13(16)6-7-15-8-10-18-11-9-15/h2-5H,8-11H2,1H3. The molecule has 2 rings (SSSR count). The second-order valence-electron chi connectivity index (χ2n) is 3.87. The number of ketones is 1. The van der Waals surface area contributed by atoms with Crippen LogP contribution in [-0.4, -0.2) is 44.1 Å². The maximum atomic E-state index is 12.0. The molecule has 0 radical (unpaired) electrons. The highest BCUT2D eigenvalue weighted by molar-refractivity contribution is 6.10. The van der Waals surface area contributed by atoms with Gasteiger partial charge in [-0.15, -0.1) is 0 Å². The van der Waals surface area contributed by atoms with Crippen LogP contribution in [0.3, 0.4) is 0 Å². The summed E-state index contributed by atoms with van der Waals surface area (Å²) in [6, 6.07) is 9.96. The van der Waals surface area contributed by atoms with Crippen LogP contribution in [0.2, 0.25) is 0 Å². The lowest BCUT2D eigenvalue weighted by Crippen LogP contribution is -2.32. The molecular weight excluding hydrogens is 230 g/mol. The molecular formula is C14H15NO3. The molecule has 0 unspecified atom stereocenters. The number of benzene rings is 1. The Hall–Kier alpha value is -1.99. The summed E-state index contributed by atoms with van der Waals surface area (Å²) in [5.41, 5.74) is 0.501. The fourth-order valence-electron chi connectivity index (χ4n) is 1.70. The van der Waals surface area contributed by atoms with Crippen molar-refractivity contribution in [3.05, 3.63) is 29.8 Å². The minimum Gasteiger partial charge on any atom is -0.496 e. The maximum Gasteiger partial charge on any atom is 0.241 e. The fraction of sp³-hybridized carbons (Fsp3) is 0.357. The number of Topliss-reactive ketones (excluding diaryl/α,β-unsaturated/α-hetero) is 1. The molecule has 1 heterocycles. The summed E-state index contributed by atoms with van der Waals surface area (Å²) in [6.07, 6.45) is 0. The van der Waals surface area contributed by atoms with Crippen LogP contribution in [0, 0.1) is 12.0 Å². The first kappa shape index (κ1) is 12.5. The van der Waals surface area contributed by atoms with E-state index in [0.29, 0.717) is 24.5 Å². The van der Waals surface area contributed by atoms with Gasteiger partial charge in [-0.2, -0.15) is 0 Å². The molecule has 0 atom stereocenters. The van der Waals surface area contributed by atoms with Crippen LogP contribution < -0.4 is 4.74 Å². The second-order valence-corrected chi connectivity index (χ2v) is 3.87. The topological polar surface area (TPSA) is 38.8 Å². The molecule has 0 aliphatic carbocycles. The summed E-state index contributed by atoms with van der Waals surface area (Å²) in [5, 5.41) is 0. The van der Waals surface area contributed by atoms with Crippen molar-refractivity contribution in [3.8, 4) is 17.7 Å². The molecule has 1 aromatic carbocycles. The van der Waals surface area contributed by atoms with Gasteiger partial charge in [0, 0.05) is 25.1 Å². The number of nitrogens with zero attached hydrogens (tertiary/aromatic N) is 1. The molecule has 0 bridgehead atoms. The predicted octanol–water partition coefficient (Wildman–Crippen LogP) is 1.17. The smallest absolute Gasteiger partial charge is 0.241 e. The molecule has 0 saturated carbocycles. The lowest BCUT2D eigenvalue weighted by Gasteiger charge is -2.22. The van der Waals surface area contributed by atoms with Crippen molar-refractivity contribution in [3.63, 3.8) is 0 Å². The minimum atomic E-state index is -0.223. The van der Waals surface area contributed by atoms with Gasteiger partial charge < -0.3 is 14.4 Å². The van der Waals surface area contributed by atoms with E-state index in [0.717, 1.165) is 13.1 Å². The average Bonchev–Trinajstić information content (AvgIpc) is 2.45. The lowest BCUT2D eigenvalue weighted by atomic mass is 10.1. The van der Waals surface area contributed by atoms with Gasteiger partial charge in [-0.3, -0.25) is 4.79 Å². The van der Waals surface area contributed by atoms with Crippen LogP contribution in [0.1, 0.15) is 10.4 Å². The summed E-state index contributed by atoms with van der Waals surface area (Å²) in [5.74, 6) is 2.98. The summed E-state index contributed by atoms with van der Waals surface area (Å²) >= 11 is 0. The monoisotopic (exact) mass is 245 g/mol. The van der Waals surface area contributed by atoms with E-state index in [1.165, 1.54) is 0 Å². The zero-order valence-corrected chi connectivity index (χ0v) is 10.3. The number of ether oxygens (including phenoxy) is 2. The number of rotatable bonds is 2. The molecule has 18 heavy (non-hydrogen) atoms. The molecule has 1 saturated heterocycles. The molecule has 94 valence electrons. The first-order valence-corrected chi connectivity index (χ1v) is 5.83. The summed E-state index contributed by atoms with van der Waals surface area (Å²) in [4.78, 5) is 13.9. The number of carbonyl (C=O) groups excluding carboxylic acids is 1. The molecule has 0 N–H and O–H groups in total. The van der Waals surface area contributed by atoms with Gasteiger partial charge in [-0.25, -0.2) is 0 Å². The number of hydrogen-bond acceptors (Lipinski definition) is 4. The third-order valence-electron chi connectivity index (χ3n) is 2.69. The Morgan fingerprint density at radius 3 is 2.78 bits per heavy atom. The van der Waals surface area contributed by atoms with Gasteiger partial charge in [0.25, 0.3) is 0 Å². The molecule has 0 aromatic heterocycles. The summed E-state index contributed by atoms with van der Waals surface area (Å²) < 4.78 is 10.3. The van der Waals surface area contributed by atoms with Crippen LogP contribution in [-0.2, 0) is 4.74 Å². The summed E-state index contributed by atoms with van der Waals surface area (Å²) in [7, 11) is 1.54. The number of morpholine rings is 1. The van der Waals surface area contributed by atoms with E-state index in [2.05, 4.69) is 12.0 Å². The van der Waals surface area contributed by atoms with Gasteiger partial charge in [0.2, 0.25) is 5.78 Å². The Morgan fingerprint density at radius 2 is 2.06 bits per heavy atom. The van der Waals surface area contributed by atoms with E-state index < -0.39 is 0 Å². The predicted molar refractivity (Wildman–Crippen MR) is 67.5 cm³/mol. The van der Waals surface area contributed by atoms with Crippen molar-refractivity contribution in [2.75, 3.05) is 33.4 Å². The van der Waals surface area contributed by atoms with Gasteiger partial charge in [0.1, 0.15) is 5.75 Å². The van der Waals surface area contributed by atoms with Crippen LogP contribution in [0.25, 0.3) is 0 Å². The molecule has 4 heteroatoms. The maximum absolute atomic E-state index is 12.0. The molecule has 1 fully saturated rings. The van der Waals surface area contributed by atoms with Crippen molar-refractivity contribution >= 4 is 5.78 Å². The van der Waals surface area contributed by atoms with Gasteiger partial charge in [0.05, 0.1) is 25.9 Å². The van der Waals surface area contributed by atoms with Crippen molar-refractivity contribution in [1.82, 2.24) is 4.90 Å². The van der Waals surface area contributed by atoms with Crippen molar-refractivity contribution < 1.29 is 14.3 Å². The van der Waals surface area contributed by atoms with E-state index in [1.54, 1.807) is 25.3 Å². The molecule has 0 spiro atoms. The van der Waals surface area contributed by atoms with E-state index in [4.69, 9.17) is 9.47 Å². The number of carbonyl (C=O) groups is 1. The number of hydrogen-bond donors (Lipinski definition) is 0. The average molecular weight is 245 g/mol. The molecule has 1 aliphatic rings.